The number of rotatable bonds is 4. The van der Waals surface area contributed by atoms with Gasteiger partial charge in [-0.15, -0.1) is 5.10 Å². The Morgan fingerprint density at radius 3 is 2.52 bits per heavy atom. The fraction of sp³-hybridized carbons (Fsp3) is 0.267. The molecule has 0 atom stereocenters. The highest BCUT2D eigenvalue weighted by Gasteiger charge is 2.17. The van der Waals surface area contributed by atoms with E-state index in [-0.39, 0.29) is 12.3 Å². The minimum atomic E-state index is -0.0834. The Bertz CT molecular complexity index is 644. The summed E-state index contributed by atoms with van der Waals surface area (Å²) in [6.07, 6.45) is 0.194. The maximum atomic E-state index is 12.4. The fourth-order valence-electron chi connectivity index (χ4n) is 1.93. The van der Waals surface area contributed by atoms with Crippen LogP contribution in [-0.4, -0.2) is 22.6 Å². The van der Waals surface area contributed by atoms with Crippen LogP contribution in [0.2, 0.25) is 10.0 Å². The molecule has 21 heavy (non-hydrogen) atoms. The SMILES string of the molecule is CCN(C(=O)Cc1ccc(Cl)cc1Cl)c1ccc(C)nn1. The van der Waals surface area contributed by atoms with E-state index in [1.807, 2.05) is 19.9 Å². The van der Waals surface area contributed by atoms with Crippen LogP contribution in [0.15, 0.2) is 30.3 Å². The molecule has 1 amide bonds. The third-order valence-electron chi connectivity index (χ3n) is 3.03. The molecule has 0 spiro atoms. The molecule has 0 N–H and O–H groups in total. The number of hydrogen-bond donors (Lipinski definition) is 0. The first-order valence-corrected chi connectivity index (χ1v) is 7.31. The van der Waals surface area contributed by atoms with Gasteiger partial charge in [0.2, 0.25) is 5.91 Å². The first-order chi connectivity index (χ1) is 10.0. The number of nitrogens with zero attached hydrogens (tertiary/aromatic N) is 3. The fourth-order valence-corrected chi connectivity index (χ4v) is 2.40. The number of carbonyl (C=O) groups is 1. The summed E-state index contributed by atoms with van der Waals surface area (Å²) in [4.78, 5) is 14.0. The smallest absolute Gasteiger partial charge is 0.232 e. The molecule has 0 saturated carbocycles. The van der Waals surface area contributed by atoms with Crippen LogP contribution in [-0.2, 0) is 11.2 Å². The molecular formula is C15H15Cl2N3O. The van der Waals surface area contributed by atoms with Crippen LogP contribution in [0.4, 0.5) is 5.82 Å². The highest BCUT2D eigenvalue weighted by Crippen LogP contribution is 2.22. The molecule has 2 aromatic rings. The Labute approximate surface area is 133 Å². The molecule has 2 rings (SSSR count). The Hall–Kier alpha value is -1.65. The standard InChI is InChI=1S/C15H15Cl2N3O/c1-3-20(14-7-4-10(2)18-19-14)15(21)8-11-5-6-12(16)9-13(11)17/h4-7,9H,3,8H2,1-2H3. The van der Waals surface area contributed by atoms with E-state index < -0.39 is 0 Å². The van der Waals surface area contributed by atoms with Crippen molar-refractivity contribution in [3.8, 4) is 0 Å². The molecule has 0 bridgehead atoms. The summed E-state index contributed by atoms with van der Waals surface area (Å²) < 4.78 is 0. The lowest BCUT2D eigenvalue weighted by atomic mass is 10.1. The summed E-state index contributed by atoms with van der Waals surface area (Å²) in [5.41, 5.74) is 1.55. The van der Waals surface area contributed by atoms with Gasteiger partial charge in [-0.1, -0.05) is 29.3 Å². The van der Waals surface area contributed by atoms with E-state index in [0.717, 1.165) is 11.3 Å². The second-order valence-corrected chi connectivity index (χ2v) is 5.43. The molecule has 1 heterocycles. The number of halogens is 2. The molecule has 6 heteroatoms. The van der Waals surface area contributed by atoms with Gasteiger partial charge in [-0.3, -0.25) is 9.69 Å². The predicted octanol–water partition coefficient (Wildman–Crippen LogP) is 3.69. The van der Waals surface area contributed by atoms with Gasteiger partial charge in [0.1, 0.15) is 0 Å². The number of likely N-dealkylation sites (N-methyl/N-ethyl adjacent to an activating group) is 1. The summed E-state index contributed by atoms with van der Waals surface area (Å²) in [6.45, 7) is 4.26. The summed E-state index contributed by atoms with van der Waals surface area (Å²) >= 11 is 12.0. The summed E-state index contributed by atoms with van der Waals surface area (Å²) in [5, 5.41) is 9.07. The van der Waals surface area contributed by atoms with Crippen molar-refractivity contribution in [2.75, 3.05) is 11.4 Å². The van der Waals surface area contributed by atoms with Crippen molar-refractivity contribution in [3.05, 3.63) is 51.6 Å². The molecule has 110 valence electrons. The van der Waals surface area contributed by atoms with Crippen molar-refractivity contribution in [2.45, 2.75) is 20.3 Å². The van der Waals surface area contributed by atoms with Gasteiger partial charge in [0.25, 0.3) is 0 Å². The summed E-state index contributed by atoms with van der Waals surface area (Å²) in [7, 11) is 0. The zero-order chi connectivity index (χ0) is 15.4. The van der Waals surface area contributed by atoms with E-state index >= 15 is 0 Å². The maximum Gasteiger partial charge on any atom is 0.232 e. The average molecular weight is 324 g/mol. The monoisotopic (exact) mass is 323 g/mol. The zero-order valence-electron chi connectivity index (χ0n) is 11.8. The van der Waals surface area contributed by atoms with E-state index in [9.17, 15) is 4.79 Å². The van der Waals surface area contributed by atoms with Gasteiger partial charge < -0.3 is 0 Å². The van der Waals surface area contributed by atoms with Gasteiger partial charge in [-0.05, 0) is 43.7 Å². The lowest BCUT2D eigenvalue weighted by molar-refractivity contribution is -0.118. The lowest BCUT2D eigenvalue weighted by Crippen LogP contribution is -2.33. The van der Waals surface area contributed by atoms with Crippen molar-refractivity contribution >= 4 is 34.9 Å². The van der Waals surface area contributed by atoms with Gasteiger partial charge in [0.05, 0.1) is 12.1 Å². The number of carbonyl (C=O) groups excluding carboxylic acids is 1. The largest absolute Gasteiger partial charge is 0.295 e. The number of anilines is 1. The Balaban J connectivity index is 2.18. The van der Waals surface area contributed by atoms with Crippen LogP contribution < -0.4 is 4.90 Å². The van der Waals surface area contributed by atoms with Gasteiger partial charge in [0.15, 0.2) is 5.82 Å². The van der Waals surface area contributed by atoms with E-state index in [2.05, 4.69) is 10.2 Å². The Morgan fingerprint density at radius 1 is 1.19 bits per heavy atom. The van der Waals surface area contributed by atoms with Crippen LogP contribution in [0, 0.1) is 6.92 Å². The zero-order valence-corrected chi connectivity index (χ0v) is 13.3. The summed E-state index contributed by atoms with van der Waals surface area (Å²) in [5.74, 6) is 0.457. The van der Waals surface area contributed by atoms with Gasteiger partial charge in [-0.2, -0.15) is 5.10 Å². The normalized spacial score (nSPS) is 10.5. The van der Waals surface area contributed by atoms with Crippen LogP contribution in [0.5, 0.6) is 0 Å². The van der Waals surface area contributed by atoms with E-state index in [4.69, 9.17) is 23.2 Å². The molecule has 0 aliphatic rings. The number of amides is 1. The van der Waals surface area contributed by atoms with Crippen molar-refractivity contribution < 1.29 is 4.79 Å². The Morgan fingerprint density at radius 2 is 1.95 bits per heavy atom. The van der Waals surface area contributed by atoms with Gasteiger partial charge in [-0.25, -0.2) is 0 Å². The molecule has 0 aliphatic heterocycles. The molecule has 1 aromatic heterocycles. The van der Waals surface area contributed by atoms with E-state index in [0.29, 0.717) is 22.4 Å². The molecule has 4 nitrogen and oxygen atoms in total. The average Bonchev–Trinajstić information content (AvgIpc) is 2.45. The van der Waals surface area contributed by atoms with E-state index in [1.54, 1.807) is 29.2 Å². The van der Waals surface area contributed by atoms with Crippen molar-refractivity contribution in [3.63, 3.8) is 0 Å². The third kappa shape index (κ3) is 3.93. The minimum Gasteiger partial charge on any atom is -0.295 e. The molecule has 0 saturated heterocycles. The minimum absolute atomic E-state index is 0.0834. The topological polar surface area (TPSA) is 46.1 Å². The van der Waals surface area contributed by atoms with Crippen molar-refractivity contribution in [2.24, 2.45) is 0 Å². The second-order valence-electron chi connectivity index (χ2n) is 4.58. The molecule has 0 unspecified atom stereocenters. The quantitative estimate of drug-likeness (QED) is 0.862. The highest BCUT2D eigenvalue weighted by atomic mass is 35.5. The van der Waals surface area contributed by atoms with E-state index in [1.165, 1.54) is 0 Å². The molecule has 0 radical (unpaired) electrons. The molecule has 1 aromatic carbocycles. The number of hydrogen-bond acceptors (Lipinski definition) is 3. The second kappa shape index (κ2) is 6.87. The third-order valence-corrected chi connectivity index (χ3v) is 3.62. The number of aromatic nitrogens is 2. The van der Waals surface area contributed by atoms with Crippen molar-refractivity contribution in [1.29, 1.82) is 0 Å². The molecule has 0 fully saturated rings. The first kappa shape index (κ1) is 15.7. The van der Waals surface area contributed by atoms with Crippen LogP contribution in [0.1, 0.15) is 18.2 Å². The predicted molar refractivity (Wildman–Crippen MR) is 85.0 cm³/mol. The van der Waals surface area contributed by atoms with Crippen molar-refractivity contribution in [1.82, 2.24) is 10.2 Å². The first-order valence-electron chi connectivity index (χ1n) is 6.56. The van der Waals surface area contributed by atoms with Gasteiger partial charge >= 0.3 is 0 Å². The number of benzene rings is 1. The molecule has 0 aliphatic carbocycles. The maximum absolute atomic E-state index is 12.4. The summed E-state index contributed by atoms with van der Waals surface area (Å²) in [6, 6.07) is 8.73. The van der Waals surface area contributed by atoms with Crippen LogP contribution in [0.3, 0.4) is 0 Å². The number of aryl methyl sites for hydroxylation is 1. The highest BCUT2D eigenvalue weighted by molar-refractivity contribution is 6.35. The lowest BCUT2D eigenvalue weighted by Gasteiger charge is -2.19. The van der Waals surface area contributed by atoms with Gasteiger partial charge in [0, 0.05) is 16.6 Å². The molecular weight excluding hydrogens is 309 g/mol. The Kier molecular flexibility index (Phi) is 5.15. The van der Waals surface area contributed by atoms with Crippen LogP contribution in [0.25, 0.3) is 0 Å². The van der Waals surface area contributed by atoms with Crippen LogP contribution >= 0.6 is 23.2 Å².